The van der Waals surface area contributed by atoms with Crippen LogP contribution < -0.4 is 16.7 Å². The van der Waals surface area contributed by atoms with E-state index in [9.17, 15) is 4.79 Å². The number of carbonyl (C=O) groups is 1. The molecule has 2 amide bonds. The van der Waals surface area contributed by atoms with Crippen LogP contribution in [0.2, 0.25) is 5.02 Å². The summed E-state index contributed by atoms with van der Waals surface area (Å²) in [6, 6.07) is 12.6. The van der Waals surface area contributed by atoms with Gasteiger partial charge in [-0.05, 0) is 43.0 Å². The highest BCUT2D eigenvalue weighted by Gasteiger charge is 2.17. The van der Waals surface area contributed by atoms with Gasteiger partial charge in [-0.3, -0.25) is 5.01 Å². The van der Waals surface area contributed by atoms with E-state index in [1.807, 2.05) is 37.3 Å². The van der Waals surface area contributed by atoms with Crippen molar-refractivity contribution in [2.45, 2.75) is 19.8 Å². The SMILES string of the molecule is Cc1cccc(N(N)C(=O)N(C)N)c1C=NOCCCc1ccccc1Cl. The topological polar surface area (TPSA) is 97.2 Å². The van der Waals surface area contributed by atoms with Crippen LogP contribution in [-0.2, 0) is 11.3 Å². The molecule has 2 aromatic rings. The summed E-state index contributed by atoms with van der Waals surface area (Å²) in [5.74, 6) is 11.4. The summed E-state index contributed by atoms with van der Waals surface area (Å²) in [5.41, 5.74) is 3.15. The van der Waals surface area contributed by atoms with Crippen LogP contribution in [0.3, 0.4) is 0 Å². The Kier molecular flexibility index (Phi) is 7.60. The summed E-state index contributed by atoms with van der Waals surface area (Å²) >= 11 is 6.13. The molecule has 0 aliphatic heterocycles. The molecule has 0 unspecified atom stereocenters. The molecule has 8 heteroatoms. The first-order chi connectivity index (χ1) is 12.9. The van der Waals surface area contributed by atoms with Gasteiger partial charge in [0.1, 0.15) is 6.61 Å². The average molecular weight is 390 g/mol. The first kappa shape index (κ1) is 20.7. The number of amides is 2. The minimum Gasteiger partial charge on any atom is -0.396 e. The summed E-state index contributed by atoms with van der Waals surface area (Å²) < 4.78 is 0. The molecule has 0 radical (unpaired) electrons. The fraction of sp³-hybridized carbons (Fsp3) is 0.263. The van der Waals surface area contributed by atoms with Crippen LogP contribution in [0.4, 0.5) is 10.5 Å². The fourth-order valence-electron chi connectivity index (χ4n) is 2.49. The number of hydrogen-bond acceptors (Lipinski definition) is 5. The van der Waals surface area contributed by atoms with Gasteiger partial charge in [-0.2, -0.15) is 0 Å². The third-order valence-electron chi connectivity index (χ3n) is 3.96. The Morgan fingerprint density at radius 3 is 2.67 bits per heavy atom. The molecule has 0 saturated heterocycles. The van der Waals surface area contributed by atoms with Gasteiger partial charge in [0.25, 0.3) is 0 Å². The Labute approximate surface area is 164 Å². The zero-order chi connectivity index (χ0) is 19.8. The predicted molar refractivity (Wildman–Crippen MR) is 109 cm³/mol. The number of halogens is 1. The van der Waals surface area contributed by atoms with Gasteiger partial charge in [0.05, 0.1) is 11.9 Å². The maximum Gasteiger partial charge on any atom is 0.352 e. The minimum absolute atomic E-state index is 0.444. The molecule has 0 spiro atoms. The Bertz CT molecular complexity index is 810. The van der Waals surface area contributed by atoms with Gasteiger partial charge in [-0.1, -0.05) is 47.1 Å². The highest BCUT2D eigenvalue weighted by Crippen LogP contribution is 2.21. The first-order valence-electron chi connectivity index (χ1n) is 8.47. The summed E-state index contributed by atoms with van der Waals surface area (Å²) in [5, 5.41) is 6.65. The number of nitrogens with two attached hydrogens (primary N) is 2. The van der Waals surface area contributed by atoms with E-state index in [-0.39, 0.29) is 0 Å². The Morgan fingerprint density at radius 2 is 1.96 bits per heavy atom. The number of hydrogen-bond donors (Lipinski definition) is 2. The molecule has 144 valence electrons. The summed E-state index contributed by atoms with van der Waals surface area (Å²) in [7, 11) is 1.42. The van der Waals surface area contributed by atoms with Crippen LogP contribution in [0.25, 0.3) is 0 Å². The van der Waals surface area contributed by atoms with Crippen molar-refractivity contribution in [3.63, 3.8) is 0 Å². The number of urea groups is 1. The van der Waals surface area contributed by atoms with E-state index >= 15 is 0 Å². The molecule has 0 bridgehead atoms. The lowest BCUT2D eigenvalue weighted by atomic mass is 10.1. The maximum absolute atomic E-state index is 12.0. The van der Waals surface area contributed by atoms with Gasteiger partial charge in [0, 0.05) is 17.6 Å². The lowest BCUT2D eigenvalue weighted by molar-refractivity contribution is 0.143. The number of benzene rings is 2. The molecular formula is C19H24ClN5O2. The molecule has 0 aromatic heterocycles. The van der Waals surface area contributed by atoms with E-state index in [0.29, 0.717) is 17.9 Å². The third kappa shape index (κ3) is 5.68. The fourth-order valence-corrected chi connectivity index (χ4v) is 2.72. The monoisotopic (exact) mass is 389 g/mol. The molecule has 7 nitrogen and oxygen atoms in total. The largest absolute Gasteiger partial charge is 0.396 e. The molecule has 0 fully saturated rings. The number of carbonyl (C=O) groups excluding carboxylic acids is 1. The second-order valence-corrected chi connectivity index (χ2v) is 6.44. The number of hydrazine groups is 2. The molecule has 2 rings (SSSR count). The van der Waals surface area contributed by atoms with Crippen LogP contribution in [-0.4, -0.2) is 30.9 Å². The van der Waals surface area contributed by atoms with E-state index in [1.165, 1.54) is 7.05 Å². The molecule has 2 aromatic carbocycles. The van der Waals surface area contributed by atoms with Crippen LogP contribution in [0, 0.1) is 6.92 Å². The Hall–Kier alpha value is -2.61. The van der Waals surface area contributed by atoms with Gasteiger partial charge in [0.15, 0.2) is 0 Å². The van der Waals surface area contributed by atoms with Crippen molar-refractivity contribution in [1.82, 2.24) is 5.01 Å². The van der Waals surface area contributed by atoms with Gasteiger partial charge in [0.2, 0.25) is 0 Å². The minimum atomic E-state index is -0.545. The average Bonchev–Trinajstić information content (AvgIpc) is 2.65. The van der Waals surface area contributed by atoms with Crippen molar-refractivity contribution in [2.75, 3.05) is 18.7 Å². The second-order valence-electron chi connectivity index (χ2n) is 6.03. The molecular weight excluding hydrogens is 366 g/mol. The maximum atomic E-state index is 12.0. The van der Waals surface area contributed by atoms with E-state index in [2.05, 4.69) is 5.16 Å². The normalized spacial score (nSPS) is 10.9. The lowest BCUT2D eigenvalue weighted by Crippen LogP contribution is -2.49. The highest BCUT2D eigenvalue weighted by atomic mass is 35.5. The van der Waals surface area contributed by atoms with Crippen LogP contribution in [0.15, 0.2) is 47.6 Å². The van der Waals surface area contributed by atoms with Gasteiger partial charge in [-0.25, -0.2) is 21.5 Å². The number of nitrogens with zero attached hydrogens (tertiary/aromatic N) is 3. The van der Waals surface area contributed by atoms with Gasteiger partial charge in [-0.15, -0.1) is 0 Å². The van der Waals surface area contributed by atoms with Gasteiger partial charge >= 0.3 is 6.03 Å². The van der Waals surface area contributed by atoms with Crippen molar-refractivity contribution in [3.8, 4) is 0 Å². The molecule has 0 aliphatic carbocycles. The molecule has 0 heterocycles. The smallest absolute Gasteiger partial charge is 0.352 e. The van der Waals surface area contributed by atoms with E-state index in [0.717, 1.165) is 39.0 Å². The van der Waals surface area contributed by atoms with Crippen molar-refractivity contribution < 1.29 is 9.63 Å². The zero-order valence-corrected chi connectivity index (χ0v) is 16.2. The second kappa shape index (κ2) is 9.91. The zero-order valence-electron chi connectivity index (χ0n) is 15.4. The van der Waals surface area contributed by atoms with Crippen molar-refractivity contribution >= 4 is 29.5 Å². The number of anilines is 1. The molecule has 27 heavy (non-hydrogen) atoms. The van der Waals surface area contributed by atoms with Crippen LogP contribution >= 0.6 is 11.6 Å². The number of aryl methyl sites for hydroxylation is 2. The van der Waals surface area contributed by atoms with Crippen LogP contribution in [0.5, 0.6) is 0 Å². The highest BCUT2D eigenvalue weighted by molar-refractivity contribution is 6.31. The molecule has 0 aliphatic rings. The first-order valence-corrected chi connectivity index (χ1v) is 8.85. The van der Waals surface area contributed by atoms with E-state index in [1.54, 1.807) is 18.3 Å². The van der Waals surface area contributed by atoms with Crippen molar-refractivity contribution in [3.05, 3.63) is 64.2 Å². The predicted octanol–water partition coefficient (Wildman–Crippen LogP) is 3.24. The van der Waals surface area contributed by atoms with E-state index in [4.69, 9.17) is 28.1 Å². The third-order valence-corrected chi connectivity index (χ3v) is 4.33. The summed E-state index contributed by atoms with van der Waals surface area (Å²) in [4.78, 5) is 17.3. The van der Waals surface area contributed by atoms with Crippen molar-refractivity contribution in [2.24, 2.45) is 16.8 Å². The van der Waals surface area contributed by atoms with Crippen molar-refractivity contribution in [1.29, 1.82) is 0 Å². The Morgan fingerprint density at radius 1 is 1.22 bits per heavy atom. The molecule has 4 N–H and O–H groups in total. The van der Waals surface area contributed by atoms with Crippen LogP contribution in [0.1, 0.15) is 23.1 Å². The standard InChI is InChI=1S/C19H24ClN5O2/c1-14-7-5-11-18(25(22)19(26)24(2)21)16(14)13-23-27-12-6-9-15-8-3-4-10-17(15)20/h3-5,7-8,10-11,13H,6,9,12,21-22H2,1-2H3. The molecule has 0 saturated carbocycles. The number of rotatable bonds is 7. The Balaban J connectivity index is 1.96. The summed E-state index contributed by atoms with van der Waals surface area (Å²) in [6.07, 6.45) is 3.13. The van der Waals surface area contributed by atoms with E-state index < -0.39 is 6.03 Å². The lowest BCUT2D eigenvalue weighted by Gasteiger charge is -2.22. The summed E-state index contributed by atoms with van der Waals surface area (Å²) in [6.45, 7) is 2.34. The quantitative estimate of drug-likeness (QED) is 0.250. The number of oxime groups is 1. The molecule has 0 atom stereocenters. The van der Waals surface area contributed by atoms with Gasteiger partial charge < -0.3 is 4.84 Å².